The summed E-state index contributed by atoms with van der Waals surface area (Å²) in [6.07, 6.45) is 2.68. The van der Waals surface area contributed by atoms with E-state index < -0.39 is 0 Å². The molecule has 0 saturated heterocycles. The fourth-order valence-electron chi connectivity index (χ4n) is 1.50. The summed E-state index contributed by atoms with van der Waals surface area (Å²) in [5.74, 6) is 0.132. The highest BCUT2D eigenvalue weighted by Gasteiger charge is 2.19. The quantitative estimate of drug-likeness (QED) is 0.622. The maximum atomic E-state index is 11.9. The summed E-state index contributed by atoms with van der Waals surface area (Å²) < 4.78 is 5.44. The molecule has 0 heterocycles. The van der Waals surface area contributed by atoms with Gasteiger partial charge in [-0.05, 0) is 26.2 Å². The average molecular weight is 215 g/mol. The van der Waals surface area contributed by atoms with Crippen molar-refractivity contribution in [2.24, 2.45) is 0 Å². The summed E-state index contributed by atoms with van der Waals surface area (Å²) in [7, 11) is 0. The third-order valence-corrected chi connectivity index (χ3v) is 2.22. The molecule has 0 aliphatic carbocycles. The first-order valence-electron chi connectivity index (χ1n) is 6.07. The molecule has 0 rings (SSSR count). The van der Waals surface area contributed by atoms with Gasteiger partial charge in [0.15, 0.2) is 0 Å². The second kappa shape index (κ2) is 8.72. The van der Waals surface area contributed by atoms with Crippen molar-refractivity contribution < 1.29 is 9.53 Å². The van der Waals surface area contributed by atoms with E-state index in [0.717, 1.165) is 32.4 Å². The number of carbonyl (C=O) groups excluding carboxylic acids is 1. The summed E-state index contributed by atoms with van der Waals surface area (Å²) in [6, 6.07) is 0. The molecule has 0 aliphatic rings. The van der Waals surface area contributed by atoms with Crippen LogP contribution in [0.3, 0.4) is 0 Å². The zero-order valence-corrected chi connectivity index (χ0v) is 10.6. The lowest BCUT2D eigenvalue weighted by atomic mass is 10.3. The largest absolute Gasteiger partial charge is 0.369 e. The molecule has 0 aliphatic heterocycles. The van der Waals surface area contributed by atoms with Crippen molar-refractivity contribution in [1.82, 2.24) is 4.90 Å². The van der Waals surface area contributed by atoms with Crippen molar-refractivity contribution in [3.8, 4) is 0 Å². The topological polar surface area (TPSA) is 29.5 Å². The molecule has 0 aromatic rings. The van der Waals surface area contributed by atoms with Gasteiger partial charge in [-0.3, -0.25) is 4.79 Å². The molecule has 0 N–H and O–H groups in total. The number of carbonyl (C=O) groups is 1. The van der Waals surface area contributed by atoms with Crippen LogP contribution in [0.15, 0.2) is 0 Å². The van der Waals surface area contributed by atoms with E-state index in [4.69, 9.17) is 4.74 Å². The Morgan fingerprint density at radius 1 is 1.13 bits per heavy atom. The Kier molecular flexibility index (Phi) is 8.38. The van der Waals surface area contributed by atoms with Crippen LogP contribution >= 0.6 is 0 Å². The lowest BCUT2D eigenvalue weighted by Gasteiger charge is -2.24. The van der Waals surface area contributed by atoms with Crippen LogP contribution in [0.25, 0.3) is 0 Å². The van der Waals surface area contributed by atoms with Crippen LogP contribution in [0.5, 0.6) is 0 Å². The number of hydrogen-bond acceptors (Lipinski definition) is 2. The minimum atomic E-state index is -0.289. The zero-order valence-electron chi connectivity index (χ0n) is 10.6. The normalized spacial score (nSPS) is 12.5. The molecule has 0 fully saturated rings. The second-order valence-corrected chi connectivity index (χ2v) is 3.84. The first kappa shape index (κ1) is 14.4. The first-order chi connectivity index (χ1) is 7.17. The van der Waals surface area contributed by atoms with Gasteiger partial charge in [-0.15, -0.1) is 0 Å². The molecule has 15 heavy (non-hydrogen) atoms. The fraction of sp³-hybridized carbons (Fsp3) is 0.917. The summed E-state index contributed by atoms with van der Waals surface area (Å²) >= 11 is 0. The van der Waals surface area contributed by atoms with Crippen molar-refractivity contribution >= 4 is 5.91 Å². The number of amides is 1. The van der Waals surface area contributed by atoms with E-state index >= 15 is 0 Å². The van der Waals surface area contributed by atoms with Crippen molar-refractivity contribution in [1.29, 1.82) is 0 Å². The number of rotatable bonds is 8. The fourth-order valence-corrected chi connectivity index (χ4v) is 1.50. The Balaban J connectivity index is 4.08. The Labute approximate surface area is 93.8 Å². The van der Waals surface area contributed by atoms with E-state index in [0.29, 0.717) is 6.61 Å². The molecule has 0 saturated carbocycles. The van der Waals surface area contributed by atoms with Crippen molar-refractivity contribution in [3.63, 3.8) is 0 Å². The van der Waals surface area contributed by atoms with E-state index in [1.165, 1.54) is 0 Å². The number of nitrogens with zero attached hydrogens (tertiary/aromatic N) is 1. The molecule has 3 nitrogen and oxygen atoms in total. The van der Waals surface area contributed by atoms with Crippen LogP contribution in [0.2, 0.25) is 0 Å². The summed E-state index contributed by atoms with van der Waals surface area (Å²) in [5, 5.41) is 0. The molecule has 90 valence electrons. The summed E-state index contributed by atoms with van der Waals surface area (Å²) in [6.45, 7) is 10.4. The van der Waals surface area contributed by atoms with Crippen LogP contribution in [-0.2, 0) is 9.53 Å². The number of hydrogen-bond donors (Lipinski definition) is 0. The van der Waals surface area contributed by atoms with Crippen molar-refractivity contribution in [2.45, 2.75) is 53.1 Å². The van der Waals surface area contributed by atoms with Gasteiger partial charge in [-0.25, -0.2) is 0 Å². The van der Waals surface area contributed by atoms with Gasteiger partial charge in [0.05, 0.1) is 0 Å². The third-order valence-electron chi connectivity index (χ3n) is 2.22. The van der Waals surface area contributed by atoms with Crippen LogP contribution in [0, 0.1) is 0 Å². The van der Waals surface area contributed by atoms with E-state index in [9.17, 15) is 4.79 Å². The van der Waals surface area contributed by atoms with Gasteiger partial charge < -0.3 is 9.64 Å². The maximum absolute atomic E-state index is 11.9. The SMILES string of the molecule is CCCOC(C)C(=O)N(CCC)CCC. The molecular formula is C12H25NO2. The lowest BCUT2D eigenvalue weighted by Crippen LogP contribution is -2.40. The van der Waals surface area contributed by atoms with Crippen molar-refractivity contribution in [2.75, 3.05) is 19.7 Å². The molecular weight excluding hydrogens is 190 g/mol. The van der Waals surface area contributed by atoms with Crippen LogP contribution in [0.1, 0.15) is 47.0 Å². The van der Waals surface area contributed by atoms with E-state index in [1.54, 1.807) is 0 Å². The molecule has 3 heteroatoms. The van der Waals surface area contributed by atoms with Crippen LogP contribution in [-0.4, -0.2) is 36.6 Å². The van der Waals surface area contributed by atoms with Gasteiger partial charge in [-0.1, -0.05) is 20.8 Å². The molecule has 1 atom stereocenters. The Morgan fingerprint density at radius 3 is 2.07 bits per heavy atom. The molecule has 0 aromatic heterocycles. The molecule has 1 unspecified atom stereocenters. The lowest BCUT2D eigenvalue weighted by molar-refractivity contribution is -0.142. The number of ether oxygens (including phenoxy) is 1. The molecule has 1 amide bonds. The first-order valence-corrected chi connectivity index (χ1v) is 6.07. The monoisotopic (exact) mass is 215 g/mol. The van der Waals surface area contributed by atoms with Gasteiger partial charge in [0, 0.05) is 19.7 Å². The Bertz CT molecular complexity index is 165. The Hall–Kier alpha value is -0.570. The van der Waals surface area contributed by atoms with Gasteiger partial charge in [0.25, 0.3) is 5.91 Å². The van der Waals surface area contributed by atoms with Crippen LogP contribution in [0.4, 0.5) is 0 Å². The predicted octanol–water partition coefficient (Wildman–Crippen LogP) is 2.45. The van der Waals surface area contributed by atoms with E-state index in [-0.39, 0.29) is 12.0 Å². The summed E-state index contributed by atoms with van der Waals surface area (Å²) in [5.41, 5.74) is 0. The standard InChI is InChI=1S/C12H25NO2/c1-5-8-13(9-6-2)12(14)11(4)15-10-7-3/h11H,5-10H2,1-4H3. The maximum Gasteiger partial charge on any atom is 0.251 e. The van der Waals surface area contributed by atoms with Gasteiger partial charge in [0.2, 0.25) is 0 Å². The van der Waals surface area contributed by atoms with E-state index in [1.807, 2.05) is 18.7 Å². The smallest absolute Gasteiger partial charge is 0.251 e. The highest BCUT2D eigenvalue weighted by Crippen LogP contribution is 2.02. The highest BCUT2D eigenvalue weighted by molar-refractivity contribution is 5.80. The van der Waals surface area contributed by atoms with Gasteiger partial charge >= 0.3 is 0 Å². The van der Waals surface area contributed by atoms with Crippen LogP contribution < -0.4 is 0 Å². The molecule has 0 bridgehead atoms. The minimum absolute atomic E-state index is 0.132. The minimum Gasteiger partial charge on any atom is -0.369 e. The zero-order chi connectivity index (χ0) is 11.7. The van der Waals surface area contributed by atoms with Gasteiger partial charge in [0.1, 0.15) is 6.10 Å². The van der Waals surface area contributed by atoms with E-state index in [2.05, 4.69) is 13.8 Å². The summed E-state index contributed by atoms with van der Waals surface area (Å²) in [4.78, 5) is 13.8. The molecule has 0 radical (unpaired) electrons. The third kappa shape index (κ3) is 5.78. The molecule has 0 aromatic carbocycles. The second-order valence-electron chi connectivity index (χ2n) is 3.84. The molecule has 0 spiro atoms. The highest BCUT2D eigenvalue weighted by atomic mass is 16.5. The predicted molar refractivity (Wildman–Crippen MR) is 62.9 cm³/mol. The average Bonchev–Trinajstić information content (AvgIpc) is 2.24. The van der Waals surface area contributed by atoms with Crippen molar-refractivity contribution in [3.05, 3.63) is 0 Å². The van der Waals surface area contributed by atoms with Gasteiger partial charge in [-0.2, -0.15) is 0 Å². The Morgan fingerprint density at radius 2 is 1.67 bits per heavy atom.